The number of carbonyl (C=O) groups excluding carboxylic acids is 2. The second-order valence-corrected chi connectivity index (χ2v) is 8.00. The molecule has 4 nitrogen and oxygen atoms in total. The molecule has 6 heteroatoms. The highest BCUT2D eigenvalue weighted by Crippen LogP contribution is 2.29. The van der Waals surface area contributed by atoms with Gasteiger partial charge in [0.15, 0.2) is 5.78 Å². The van der Waals surface area contributed by atoms with E-state index in [-0.39, 0.29) is 24.1 Å². The van der Waals surface area contributed by atoms with Gasteiger partial charge >= 0.3 is 0 Å². The lowest BCUT2D eigenvalue weighted by atomic mass is 10.0. The van der Waals surface area contributed by atoms with E-state index in [9.17, 15) is 9.59 Å². The molecule has 0 aromatic heterocycles. The van der Waals surface area contributed by atoms with Crippen molar-refractivity contribution in [3.05, 3.63) is 64.2 Å². The molecule has 1 N–H and O–H groups in total. The number of unbranched alkanes of at least 4 members (excludes halogenated alkanes) is 2. The Morgan fingerprint density at radius 1 is 1.07 bits per heavy atom. The summed E-state index contributed by atoms with van der Waals surface area (Å²) in [6.45, 7) is 4.17. The Hall–Kier alpha value is -1.88. The molecule has 3 rings (SSSR count). The van der Waals surface area contributed by atoms with Gasteiger partial charge in [0, 0.05) is 36.2 Å². The third-order valence-electron chi connectivity index (χ3n) is 5.46. The first-order chi connectivity index (χ1) is 14.1. The van der Waals surface area contributed by atoms with Crippen molar-refractivity contribution in [2.45, 2.75) is 45.4 Å². The van der Waals surface area contributed by atoms with Gasteiger partial charge < -0.3 is 10.2 Å². The zero-order valence-corrected chi connectivity index (χ0v) is 19.0. The van der Waals surface area contributed by atoms with Gasteiger partial charge in [0.1, 0.15) is 0 Å². The number of Topliss-reactive ketones (excluding diaryl/α,β-unsaturated/α-hetero) is 1. The van der Waals surface area contributed by atoms with Crippen LogP contribution in [-0.2, 0) is 17.6 Å². The van der Waals surface area contributed by atoms with E-state index in [4.69, 9.17) is 11.6 Å². The molecule has 0 aliphatic carbocycles. The van der Waals surface area contributed by atoms with Gasteiger partial charge in [0.2, 0.25) is 5.91 Å². The molecule has 162 valence electrons. The van der Waals surface area contributed by atoms with Crippen LogP contribution in [-0.4, -0.2) is 31.3 Å². The summed E-state index contributed by atoms with van der Waals surface area (Å²) in [6.07, 6.45) is 5.34. The van der Waals surface area contributed by atoms with Crippen LogP contribution in [0.25, 0.3) is 0 Å². The average Bonchev–Trinajstić information content (AvgIpc) is 3.14. The Balaban J connectivity index is 0.00000320. The summed E-state index contributed by atoms with van der Waals surface area (Å²) in [4.78, 5) is 25.9. The van der Waals surface area contributed by atoms with E-state index in [1.165, 1.54) is 5.56 Å². The van der Waals surface area contributed by atoms with Gasteiger partial charge in [-0.3, -0.25) is 9.59 Å². The highest BCUT2D eigenvalue weighted by molar-refractivity contribution is 6.31. The van der Waals surface area contributed by atoms with Crippen LogP contribution in [0.1, 0.15) is 54.1 Å². The average molecular weight is 449 g/mol. The quantitative estimate of drug-likeness (QED) is 0.398. The maximum absolute atomic E-state index is 12.5. The summed E-state index contributed by atoms with van der Waals surface area (Å²) in [5.74, 6) is 0.254. The number of rotatable bonds is 10. The number of hydrogen-bond donors (Lipinski definition) is 1. The van der Waals surface area contributed by atoms with Gasteiger partial charge in [-0.2, -0.15) is 0 Å². The molecule has 0 radical (unpaired) electrons. The molecule has 0 atom stereocenters. The first kappa shape index (κ1) is 24.4. The number of halogens is 2. The molecule has 2 aromatic carbocycles. The van der Waals surface area contributed by atoms with Crippen molar-refractivity contribution < 1.29 is 9.59 Å². The Bertz CT molecular complexity index is 870. The van der Waals surface area contributed by atoms with Crippen molar-refractivity contribution in [2.24, 2.45) is 0 Å². The van der Waals surface area contributed by atoms with E-state index in [1.54, 1.807) is 11.8 Å². The summed E-state index contributed by atoms with van der Waals surface area (Å²) >= 11 is 6.16. The lowest BCUT2D eigenvalue weighted by Crippen LogP contribution is -2.25. The maximum Gasteiger partial charge on any atom is 0.223 e. The Morgan fingerprint density at radius 3 is 2.63 bits per heavy atom. The highest BCUT2D eigenvalue weighted by atomic mass is 35.5. The second kappa shape index (κ2) is 12.1. The second-order valence-electron chi connectivity index (χ2n) is 7.59. The van der Waals surface area contributed by atoms with Crippen LogP contribution in [0.3, 0.4) is 0 Å². The van der Waals surface area contributed by atoms with Crippen LogP contribution in [0.4, 0.5) is 5.69 Å². The fraction of sp³-hybridized carbons (Fsp3) is 0.417. The third-order valence-corrected chi connectivity index (χ3v) is 5.83. The van der Waals surface area contributed by atoms with Crippen molar-refractivity contribution in [1.29, 1.82) is 0 Å². The fourth-order valence-electron chi connectivity index (χ4n) is 3.81. The van der Waals surface area contributed by atoms with E-state index < -0.39 is 0 Å². The molecule has 1 aliphatic heterocycles. The molecular formula is C24H30Cl2N2O2. The first-order valence-corrected chi connectivity index (χ1v) is 10.8. The predicted molar refractivity (Wildman–Crippen MR) is 126 cm³/mol. The van der Waals surface area contributed by atoms with Crippen LogP contribution >= 0.6 is 24.0 Å². The zero-order chi connectivity index (χ0) is 20.6. The molecular weight excluding hydrogens is 419 g/mol. The maximum atomic E-state index is 12.5. The smallest absolute Gasteiger partial charge is 0.223 e. The normalized spacial score (nSPS) is 12.4. The van der Waals surface area contributed by atoms with Crippen molar-refractivity contribution >= 4 is 41.4 Å². The minimum Gasteiger partial charge on any atom is -0.316 e. The molecule has 0 spiro atoms. The van der Waals surface area contributed by atoms with E-state index in [1.807, 2.05) is 36.4 Å². The van der Waals surface area contributed by atoms with Crippen LogP contribution in [0, 0.1) is 0 Å². The number of nitrogens with zero attached hydrogens (tertiary/aromatic N) is 1. The van der Waals surface area contributed by atoms with Gasteiger partial charge in [0.05, 0.1) is 0 Å². The number of ketones is 1. The largest absolute Gasteiger partial charge is 0.316 e. The van der Waals surface area contributed by atoms with Crippen molar-refractivity contribution in [3.8, 4) is 0 Å². The van der Waals surface area contributed by atoms with Gasteiger partial charge in [-0.1, -0.05) is 36.2 Å². The van der Waals surface area contributed by atoms with Crippen LogP contribution in [0.5, 0.6) is 0 Å². The van der Waals surface area contributed by atoms with Gasteiger partial charge in [0.25, 0.3) is 0 Å². The Kier molecular flexibility index (Phi) is 9.83. The molecule has 1 aliphatic rings. The lowest BCUT2D eigenvalue weighted by Gasteiger charge is -2.14. The summed E-state index contributed by atoms with van der Waals surface area (Å²) in [5.41, 5.74) is 4.01. The van der Waals surface area contributed by atoms with Crippen LogP contribution < -0.4 is 10.2 Å². The number of nitrogens with one attached hydrogen (secondary N) is 1. The minimum absolute atomic E-state index is 0. The molecule has 2 aromatic rings. The topological polar surface area (TPSA) is 49.4 Å². The monoisotopic (exact) mass is 448 g/mol. The highest BCUT2D eigenvalue weighted by Gasteiger charge is 2.22. The predicted octanol–water partition coefficient (Wildman–Crippen LogP) is 5.25. The van der Waals surface area contributed by atoms with E-state index in [0.29, 0.717) is 13.0 Å². The van der Waals surface area contributed by atoms with Gasteiger partial charge in [-0.05, 0) is 74.2 Å². The number of benzene rings is 2. The summed E-state index contributed by atoms with van der Waals surface area (Å²) in [5, 5.41) is 4.27. The molecule has 0 saturated carbocycles. The Morgan fingerprint density at radius 2 is 1.87 bits per heavy atom. The molecule has 0 unspecified atom stereocenters. The van der Waals surface area contributed by atoms with Crippen LogP contribution in [0.2, 0.25) is 5.02 Å². The van der Waals surface area contributed by atoms with Crippen molar-refractivity contribution in [1.82, 2.24) is 5.32 Å². The molecule has 0 fully saturated rings. The molecule has 1 amide bonds. The zero-order valence-electron chi connectivity index (χ0n) is 17.5. The molecule has 0 bridgehead atoms. The number of hydrogen-bond acceptors (Lipinski definition) is 3. The number of amides is 1. The van der Waals surface area contributed by atoms with Gasteiger partial charge in [-0.15, -0.1) is 12.4 Å². The summed E-state index contributed by atoms with van der Waals surface area (Å²) in [7, 11) is 0. The molecule has 30 heavy (non-hydrogen) atoms. The Labute approximate surface area is 190 Å². The lowest BCUT2D eigenvalue weighted by molar-refractivity contribution is -0.116. The summed E-state index contributed by atoms with van der Waals surface area (Å²) < 4.78 is 0. The number of anilines is 1. The van der Waals surface area contributed by atoms with E-state index >= 15 is 0 Å². The van der Waals surface area contributed by atoms with Crippen LogP contribution in [0.15, 0.2) is 42.5 Å². The van der Waals surface area contributed by atoms with Gasteiger partial charge in [-0.25, -0.2) is 0 Å². The SMILES string of the molecule is CC(=O)N1CCc2cc(C(=O)CCCCCNCCc3ccccc3Cl)ccc21.Cl. The molecule has 0 saturated heterocycles. The standard InChI is InChI=1S/C24H29ClN2O2.ClH/c1-18(28)27-16-13-20-17-21(10-11-23(20)27)24(29)9-3-2-6-14-26-15-12-19-7-4-5-8-22(19)25;/h4-5,7-8,10-11,17,26H,2-3,6,9,12-16H2,1H3;1H. The number of fused-ring (bicyclic) bond motifs is 1. The summed E-state index contributed by atoms with van der Waals surface area (Å²) in [6, 6.07) is 13.7. The minimum atomic E-state index is 0. The third kappa shape index (κ3) is 6.56. The van der Waals surface area contributed by atoms with Crippen molar-refractivity contribution in [3.63, 3.8) is 0 Å². The first-order valence-electron chi connectivity index (χ1n) is 10.4. The fourth-order valence-corrected chi connectivity index (χ4v) is 4.04. The van der Waals surface area contributed by atoms with E-state index in [2.05, 4.69) is 11.4 Å². The molecule has 1 heterocycles. The van der Waals surface area contributed by atoms with E-state index in [0.717, 1.165) is 67.0 Å². The van der Waals surface area contributed by atoms with Crippen molar-refractivity contribution in [2.75, 3.05) is 24.5 Å². The number of carbonyl (C=O) groups is 2.